The lowest BCUT2D eigenvalue weighted by atomic mass is 10.9. The van der Waals surface area contributed by atoms with E-state index in [0.717, 1.165) is 0 Å². The van der Waals surface area contributed by atoms with Crippen LogP contribution < -0.4 is 0 Å². The maximum atomic E-state index is 10.3. The number of hydrogen-bond acceptors (Lipinski definition) is 3. The molecule has 0 aromatic rings. The third-order valence-corrected chi connectivity index (χ3v) is 1.50. The fourth-order valence-electron chi connectivity index (χ4n) is 0.303. The lowest BCUT2D eigenvalue weighted by molar-refractivity contribution is 0.160. The van der Waals surface area contributed by atoms with Crippen LogP contribution in [0, 0.1) is 0 Å². The van der Waals surface area contributed by atoms with Crippen molar-refractivity contribution in [2.45, 2.75) is 0 Å². The van der Waals surface area contributed by atoms with Crippen LogP contribution in [-0.4, -0.2) is 22.1 Å². The molecule has 0 spiro atoms. The average Bonchev–Trinajstić information content (AvgIpc) is 1.69. The molecule has 0 aromatic carbocycles. The van der Waals surface area contributed by atoms with Gasteiger partial charge < -0.3 is 4.84 Å². The Hall–Kier alpha value is -0.380. The molecular weight excluding hydrogens is 114 g/mol. The highest BCUT2D eigenvalue weighted by Gasteiger charge is 1.99. The summed E-state index contributed by atoms with van der Waals surface area (Å²) in [5.74, 6) is 0.587. The molecule has 1 aliphatic rings. The number of oxime groups is 1. The Morgan fingerprint density at radius 3 is 3.00 bits per heavy atom. The van der Waals surface area contributed by atoms with Crippen molar-refractivity contribution < 1.29 is 9.05 Å². The minimum atomic E-state index is -0.857. The highest BCUT2D eigenvalue weighted by molar-refractivity contribution is 7.98. The lowest BCUT2D eigenvalue weighted by Crippen LogP contribution is -2.09. The van der Waals surface area contributed by atoms with Gasteiger partial charge in [0.15, 0.2) is 0 Å². The Kier molecular flexibility index (Phi) is 1.41. The maximum Gasteiger partial charge on any atom is 0.130 e. The van der Waals surface area contributed by atoms with Gasteiger partial charge in [-0.25, -0.2) is 0 Å². The Morgan fingerprint density at radius 1 is 1.86 bits per heavy atom. The van der Waals surface area contributed by atoms with E-state index in [-0.39, 0.29) is 0 Å². The maximum absolute atomic E-state index is 10.3. The second-order valence-electron chi connectivity index (χ2n) is 1.13. The first kappa shape index (κ1) is 4.77. The quantitative estimate of drug-likeness (QED) is 0.439. The summed E-state index contributed by atoms with van der Waals surface area (Å²) in [5.41, 5.74) is 1.31. The largest absolute Gasteiger partial charge is 0.394 e. The molecule has 4 heteroatoms. The number of hydrogen-bond donors (Lipinski definition) is 0. The van der Waals surface area contributed by atoms with E-state index in [1.165, 1.54) is 5.55 Å². The van der Waals surface area contributed by atoms with Crippen LogP contribution >= 0.6 is 0 Å². The summed E-state index contributed by atoms with van der Waals surface area (Å²) in [6.07, 6.45) is 0. The van der Waals surface area contributed by atoms with Gasteiger partial charge in [-0.1, -0.05) is 5.16 Å². The van der Waals surface area contributed by atoms with E-state index in [4.69, 9.17) is 0 Å². The van der Waals surface area contributed by atoms with Crippen LogP contribution in [0.15, 0.2) is 5.16 Å². The number of nitrogens with zero attached hydrogens (tertiary/aromatic N) is 1. The summed E-state index contributed by atoms with van der Waals surface area (Å²) in [6, 6.07) is 0. The third-order valence-electron chi connectivity index (χ3n) is 0.611. The minimum absolute atomic E-state index is 0.489. The van der Waals surface area contributed by atoms with Gasteiger partial charge in [0, 0.05) is 0 Å². The molecule has 0 radical (unpaired) electrons. The van der Waals surface area contributed by atoms with Crippen molar-refractivity contribution in [1.29, 1.82) is 0 Å². The van der Waals surface area contributed by atoms with Crippen LogP contribution in [0.4, 0.5) is 0 Å². The van der Waals surface area contributed by atoms with Crippen LogP contribution in [0.25, 0.3) is 0 Å². The van der Waals surface area contributed by atoms with Crippen LogP contribution in [-0.2, 0) is 15.6 Å². The van der Waals surface area contributed by atoms with Gasteiger partial charge in [-0.2, -0.15) is 0 Å². The van der Waals surface area contributed by atoms with Crippen LogP contribution in [0.2, 0.25) is 0 Å². The summed E-state index contributed by atoms with van der Waals surface area (Å²) >= 11 is 0. The molecule has 3 nitrogen and oxygen atoms in total. The molecule has 0 bridgehead atoms. The second-order valence-corrected chi connectivity index (χ2v) is 2.51. The molecular formula is C3H5NO2S. The third kappa shape index (κ3) is 1.27. The molecule has 1 atom stereocenters. The van der Waals surface area contributed by atoms with Crippen LogP contribution in [0.3, 0.4) is 0 Å². The van der Waals surface area contributed by atoms with Gasteiger partial charge in [-0.15, -0.1) is 0 Å². The smallest absolute Gasteiger partial charge is 0.130 e. The second kappa shape index (κ2) is 2.07. The van der Waals surface area contributed by atoms with Gasteiger partial charge in [-0.3, -0.25) is 4.21 Å². The lowest BCUT2D eigenvalue weighted by Gasteiger charge is -2.00. The van der Waals surface area contributed by atoms with Crippen molar-refractivity contribution in [3.05, 3.63) is 0 Å². The summed E-state index contributed by atoms with van der Waals surface area (Å²) in [7, 11) is -0.857. The standard InChI is InChI=1S/C3H5NO2S/c5-7-2-1-6-4-3-7/h3H,1-2H2. The SMILES string of the molecule is O=S1C=NOCC1. The van der Waals surface area contributed by atoms with E-state index in [2.05, 4.69) is 9.99 Å². The number of rotatable bonds is 0. The summed E-state index contributed by atoms with van der Waals surface area (Å²) < 4.78 is 10.3. The first-order chi connectivity index (χ1) is 3.39. The zero-order valence-electron chi connectivity index (χ0n) is 3.66. The Labute approximate surface area is 43.8 Å². The summed E-state index contributed by atoms with van der Waals surface area (Å²) in [5, 5.41) is 3.33. The zero-order valence-corrected chi connectivity index (χ0v) is 4.48. The molecule has 0 aliphatic carbocycles. The van der Waals surface area contributed by atoms with E-state index in [9.17, 15) is 4.21 Å². The summed E-state index contributed by atoms with van der Waals surface area (Å²) in [6.45, 7) is 0.489. The molecule has 0 fully saturated rings. The van der Waals surface area contributed by atoms with Gasteiger partial charge >= 0.3 is 0 Å². The summed E-state index contributed by atoms with van der Waals surface area (Å²) in [4.78, 5) is 4.52. The highest BCUT2D eigenvalue weighted by atomic mass is 32.2. The molecule has 0 saturated carbocycles. The monoisotopic (exact) mass is 119 g/mol. The molecule has 40 valence electrons. The molecule has 1 aliphatic heterocycles. The van der Waals surface area contributed by atoms with E-state index in [1.54, 1.807) is 0 Å². The van der Waals surface area contributed by atoms with E-state index in [1.807, 2.05) is 0 Å². The van der Waals surface area contributed by atoms with Gasteiger partial charge in [0.1, 0.15) is 12.2 Å². The van der Waals surface area contributed by atoms with E-state index < -0.39 is 10.8 Å². The van der Waals surface area contributed by atoms with Gasteiger partial charge in [-0.05, 0) is 0 Å². The normalized spacial score (nSPS) is 29.4. The van der Waals surface area contributed by atoms with Crippen molar-refractivity contribution in [3.8, 4) is 0 Å². The molecule has 7 heavy (non-hydrogen) atoms. The first-order valence-electron chi connectivity index (χ1n) is 1.92. The Morgan fingerprint density at radius 2 is 2.71 bits per heavy atom. The fraction of sp³-hybridized carbons (Fsp3) is 0.667. The first-order valence-corrected chi connectivity index (χ1v) is 3.30. The van der Waals surface area contributed by atoms with Crippen molar-refractivity contribution in [2.75, 3.05) is 12.4 Å². The highest BCUT2D eigenvalue weighted by Crippen LogP contribution is 1.87. The van der Waals surface area contributed by atoms with Crippen LogP contribution in [0.1, 0.15) is 0 Å². The van der Waals surface area contributed by atoms with Gasteiger partial charge in [0.25, 0.3) is 0 Å². The average molecular weight is 119 g/mol. The molecule has 0 saturated heterocycles. The molecule has 1 unspecified atom stereocenters. The molecule has 0 N–H and O–H groups in total. The Bertz CT molecular complexity index is 112. The predicted molar refractivity (Wildman–Crippen MR) is 27.5 cm³/mol. The fourth-order valence-corrected chi connectivity index (χ4v) is 0.804. The zero-order chi connectivity index (χ0) is 5.11. The van der Waals surface area contributed by atoms with E-state index in [0.29, 0.717) is 12.4 Å². The topological polar surface area (TPSA) is 38.7 Å². The predicted octanol–water partition coefficient (Wildman–Crippen LogP) is -0.291. The van der Waals surface area contributed by atoms with E-state index >= 15 is 0 Å². The van der Waals surface area contributed by atoms with Crippen molar-refractivity contribution >= 4 is 16.3 Å². The minimum Gasteiger partial charge on any atom is -0.394 e. The van der Waals surface area contributed by atoms with Crippen LogP contribution in [0.5, 0.6) is 0 Å². The van der Waals surface area contributed by atoms with Crippen molar-refractivity contribution in [2.24, 2.45) is 5.16 Å². The van der Waals surface area contributed by atoms with Crippen molar-refractivity contribution in [3.63, 3.8) is 0 Å². The molecule has 1 rings (SSSR count). The van der Waals surface area contributed by atoms with Gasteiger partial charge in [0.2, 0.25) is 0 Å². The van der Waals surface area contributed by atoms with Gasteiger partial charge in [0.05, 0.1) is 16.6 Å². The molecule has 0 aromatic heterocycles. The Balaban J connectivity index is 2.51. The molecule has 1 heterocycles. The molecule has 0 amide bonds. The van der Waals surface area contributed by atoms with Crippen molar-refractivity contribution in [1.82, 2.24) is 0 Å².